The number of carbonyl (C=O) groups excluding carboxylic acids is 1. The van der Waals surface area contributed by atoms with Crippen LogP contribution >= 0.6 is 31.9 Å². The summed E-state index contributed by atoms with van der Waals surface area (Å²) in [6.45, 7) is 1.28. The van der Waals surface area contributed by atoms with Crippen LogP contribution in [-0.4, -0.2) is 5.78 Å². The van der Waals surface area contributed by atoms with Crippen LogP contribution in [0.15, 0.2) is 15.0 Å². The van der Waals surface area contributed by atoms with Crippen molar-refractivity contribution in [1.82, 2.24) is 0 Å². The summed E-state index contributed by atoms with van der Waals surface area (Å²) in [7, 11) is 0. The lowest BCUT2D eigenvalue weighted by atomic mass is 10.1. The summed E-state index contributed by atoms with van der Waals surface area (Å²) >= 11 is 5.62. The Kier molecular flexibility index (Phi) is 3.18. The topological polar surface area (TPSA) is 17.1 Å². The molecule has 5 heteroatoms. The maximum atomic E-state index is 13.0. The zero-order chi connectivity index (χ0) is 10.2. The number of ketones is 1. The first-order chi connectivity index (χ1) is 5.95. The molecule has 1 aromatic rings. The summed E-state index contributed by atoms with van der Waals surface area (Å²) in [4.78, 5) is 10.9. The first-order valence-electron chi connectivity index (χ1n) is 3.29. The lowest BCUT2D eigenvalue weighted by Gasteiger charge is -2.04. The molecule has 0 N–H and O–H groups in total. The largest absolute Gasteiger partial charge is 0.294 e. The minimum Gasteiger partial charge on any atom is -0.294 e. The van der Waals surface area contributed by atoms with Crippen molar-refractivity contribution in [3.63, 3.8) is 0 Å². The molecule has 0 amide bonds. The van der Waals surface area contributed by atoms with E-state index in [4.69, 9.17) is 0 Å². The minimum absolute atomic E-state index is 0.0570. The molecule has 0 saturated heterocycles. The van der Waals surface area contributed by atoms with Gasteiger partial charge in [0.15, 0.2) is 17.4 Å². The maximum absolute atomic E-state index is 13.0. The van der Waals surface area contributed by atoms with Crippen molar-refractivity contribution in [3.8, 4) is 0 Å². The van der Waals surface area contributed by atoms with E-state index in [0.717, 1.165) is 0 Å². The average molecular weight is 314 g/mol. The molecule has 1 nitrogen and oxygen atoms in total. The first kappa shape index (κ1) is 10.8. The van der Waals surface area contributed by atoms with Crippen LogP contribution in [0.4, 0.5) is 8.78 Å². The van der Waals surface area contributed by atoms with E-state index in [2.05, 4.69) is 31.9 Å². The number of halogens is 4. The molecule has 0 unspecified atom stereocenters. The van der Waals surface area contributed by atoms with Gasteiger partial charge in [-0.15, -0.1) is 0 Å². The summed E-state index contributed by atoms with van der Waals surface area (Å²) in [6, 6.07) is 1.24. The van der Waals surface area contributed by atoms with Gasteiger partial charge >= 0.3 is 0 Å². The van der Waals surface area contributed by atoms with Gasteiger partial charge in [0.1, 0.15) is 0 Å². The van der Waals surface area contributed by atoms with Crippen LogP contribution in [-0.2, 0) is 0 Å². The standard InChI is InChI=1S/C8H4Br2F2O/c1-3(13)4-2-5(9)7(11)8(12)6(4)10/h2H,1H3. The monoisotopic (exact) mass is 312 g/mol. The number of Topliss-reactive ketones (excluding diaryl/α,β-unsaturated/α-hetero) is 1. The normalized spacial score (nSPS) is 10.2. The van der Waals surface area contributed by atoms with E-state index in [1.807, 2.05) is 0 Å². The minimum atomic E-state index is -1.06. The van der Waals surface area contributed by atoms with Crippen molar-refractivity contribution in [2.24, 2.45) is 0 Å². The Hall–Kier alpha value is -0.290. The predicted octanol–water partition coefficient (Wildman–Crippen LogP) is 3.69. The molecule has 70 valence electrons. The highest BCUT2D eigenvalue weighted by Gasteiger charge is 2.17. The lowest BCUT2D eigenvalue weighted by molar-refractivity contribution is 0.101. The molecule has 0 aliphatic heterocycles. The molecule has 1 aromatic carbocycles. The first-order valence-corrected chi connectivity index (χ1v) is 4.87. The molecule has 0 bridgehead atoms. The zero-order valence-corrected chi connectivity index (χ0v) is 9.67. The molecule has 0 fully saturated rings. The second kappa shape index (κ2) is 3.84. The van der Waals surface area contributed by atoms with Gasteiger partial charge in [-0.25, -0.2) is 8.78 Å². The highest BCUT2D eigenvalue weighted by Crippen LogP contribution is 2.29. The molecule has 1 rings (SSSR count). The van der Waals surface area contributed by atoms with Crippen molar-refractivity contribution in [2.75, 3.05) is 0 Å². The van der Waals surface area contributed by atoms with Gasteiger partial charge in [-0.2, -0.15) is 0 Å². The maximum Gasteiger partial charge on any atom is 0.174 e. The van der Waals surface area contributed by atoms with E-state index in [0.29, 0.717) is 0 Å². The summed E-state index contributed by atoms with van der Waals surface area (Å²) < 4.78 is 25.7. The van der Waals surface area contributed by atoms with Crippen LogP contribution in [0.1, 0.15) is 17.3 Å². The molecule has 0 atom stereocenters. The summed E-state index contributed by atoms with van der Waals surface area (Å²) in [5, 5.41) is 0. The molecule has 0 aliphatic rings. The number of hydrogen-bond acceptors (Lipinski definition) is 1. The van der Waals surface area contributed by atoms with E-state index in [1.165, 1.54) is 13.0 Å². The van der Waals surface area contributed by atoms with Crippen LogP contribution in [0.25, 0.3) is 0 Å². The van der Waals surface area contributed by atoms with E-state index >= 15 is 0 Å². The van der Waals surface area contributed by atoms with Gasteiger partial charge in [-0.05, 0) is 44.8 Å². The fourth-order valence-electron chi connectivity index (χ4n) is 0.829. The second-order valence-electron chi connectivity index (χ2n) is 2.40. The van der Waals surface area contributed by atoms with Gasteiger partial charge in [0.25, 0.3) is 0 Å². The highest BCUT2D eigenvalue weighted by molar-refractivity contribution is 9.11. The summed E-state index contributed by atoms with van der Waals surface area (Å²) in [5.74, 6) is -2.39. The Morgan fingerprint density at radius 2 is 1.85 bits per heavy atom. The van der Waals surface area contributed by atoms with Crippen molar-refractivity contribution < 1.29 is 13.6 Å². The third-order valence-corrected chi connectivity index (χ3v) is 2.83. The Bertz CT molecular complexity index is 377. The van der Waals surface area contributed by atoms with E-state index in [1.54, 1.807) is 0 Å². The average Bonchev–Trinajstić information content (AvgIpc) is 2.07. The molecular formula is C8H4Br2F2O. The zero-order valence-electron chi connectivity index (χ0n) is 6.50. The van der Waals surface area contributed by atoms with Crippen LogP contribution in [0.3, 0.4) is 0 Å². The van der Waals surface area contributed by atoms with Gasteiger partial charge < -0.3 is 0 Å². The third-order valence-electron chi connectivity index (χ3n) is 1.48. The molecule has 0 saturated carbocycles. The molecule has 0 aliphatic carbocycles. The van der Waals surface area contributed by atoms with E-state index in [9.17, 15) is 13.6 Å². The number of carbonyl (C=O) groups is 1. The lowest BCUT2D eigenvalue weighted by Crippen LogP contribution is -1.99. The van der Waals surface area contributed by atoms with Crippen LogP contribution in [0.5, 0.6) is 0 Å². The van der Waals surface area contributed by atoms with Gasteiger partial charge in [-0.3, -0.25) is 4.79 Å². The Morgan fingerprint density at radius 1 is 1.31 bits per heavy atom. The smallest absolute Gasteiger partial charge is 0.174 e. The molecule has 0 aromatic heterocycles. The number of benzene rings is 1. The number of hydrogen-bond donors (Lipinski definition) is 0. The van der Waals surface area contributed by atoms with Crippen LogP contribution in [0, 0.1) is 11.6 Å². The Morgan fingerprint density at radius 3 is 2.31 bits per heavy atom. The Labute approximate surface area is 90.4 Å². The predicted molar refractivity (Wildman–Crippen MR) is 51.8 cm³/mol. The van der Waals surface area contributed by atoms with Crippen molar-refractivity contribution in [1.29, 1.82) is 0 Å². The summed E-state index contributed by atoms with van der Waals surface area (Å²) in [5.41, 5.74) is 0.116. The molecule has 0 heterocycles. The van der Waals surface area contributed by atoms with E-state index < -0.39 is 11.6 Å². The second-order valence-corrected chi connectivity index (χ2v) is 4.05. The van der Waals surface area contributed by atoms with Crippen molar-refractivity contribution >= 4 is 37.6 Å². The number of rotatable bonds is 1. The fourth-order valence-corrected chi connectivity index (χ4v) is 1.80. The molecule has 0 radical (unpaired) electrons. The van der Waals surface area contributed by atoms with Gasteiger partial charge in [0, 0.05) is 5.56 Å². The summed E-state index contributed by atoms with van der Waals surface area (Å²) in [6.07, 6.45) is 0. The molecule has 13 heavy (non-hydrogen) atoms. The van der Waals surface area contributed by atoms with E-state index in [-0.39, 0.29) is 20.3 Å². The molecule has 0 spiro atoms. The van der Waals surface area contributed by atoms with Crippen molar-refractivity contribution in [2.45, 2.75) is 6.92 Å². The fraction of sp³-hybridized carbons (Fsp3) is 0.125. The quantitative estimate of drug-likeness (QED) is 0.439. The Balaban J connectivity index is 3.50. The van der Waals surface area contributed by atoms with Crippen LogP contribution < -0.4 is 0 Å². The highest BCUT2D eigenvalue weighted by atomic mass is 79.9. The molecular weight excluding hydrogens is 310 g/mol. The van der Waals surface area contributed by atoms with Crippen LogP contribution in [0.2, 0.25) is 0 Å². The SMILES string of the molecule is CC(=O)c1cc(Br)c(F)c(F)c1Br. The van der Waals surface area contributed by atoms with Gasteiger partial charge in [0.05, 0.1) is 8.95 Å². The van der Waals surface area contributed by atoms with Gasteiger partial charge in [-0.1, -0.05) is 0 Å². The third kappa shape index (κ3) is 1.96. The van der Waals surface area contributed by atoms with Crippen molar-refractivity contribution in [3.05, 3.63) is 32.2 Å². The van der Waals surface area contributed by atoms with Gasteiger partial charge in [0.2, 0.25) is 0 Å².